The summed E-state index contributed by atoms with van der Waals surface area (Å²) < 4.78 is 20.4. The molecule has 0 saturated heterocycles. The van der Waals surface area contributed by atoms with E-state index in [0.717, 1.165) is 49.7 Å². The van der Waals surface area contributed by atoms with Crippen LogP contribution in [0.5, 0.6) is 0 Å². The number of carbonyl (C=O) groups excluding carboxylic acids is 2. The zero-order valence-electron chi connectivity index (χ0n) is 20.7. The van der Waals surface area contributed by atoms with E-state index in [1.54, 1.807) is 24.3 Å². The zero-order valence-corrected chi connectivity index (χ0v) is 20.7. The molecule has 1 atom stereocenters. The lowest BCUT2D eigenvalue weighted by Gasteiger charge is -2.24. The van der Waals surface area contributed by atoms with Gasteiger partial charge in [-0.3, -0.25) is 9.59 Å². The van der Waals surface area contributed by atoms with E-state index in [4.69, 9.17) is 10.00 Å². The maximum atomic E-state index is 14.8. The van der Waals surface area contributed by atoms with Crippen LogP contribution in [0, 0.1) is 28.5 Å². The van der Waals surface area contributed by atoms with Gasteiger partial charge in [0.25, 0.3) is 0 Å². The molecule has 2 saturated carbocycles. The number of benzene rings is 2. The van der Waals surface area contributed by atoms with Gasteiger partial charge in [-0.05, 0) is 94.2 Å². The van der Waals surface area contributed by atoms with Gasteiger partial charge in [0.15, 0.2) is 0 Å². The molecule has 6 heteroatoms. The maximum Gasteiger partial charge on any atom is 0.312 e. The lowest BCUT2D eigenvalue weighted by atomic mass is 9.83. The molecule has 1 unspecified atom stereocenters. The molecule has 2 aromatic rings. The van der Waals surface area contributed by atoms with Gasteiger partial charge in [0.2, 0.25) is 5.91 Å². The first-order valence-electron chi connectivity index (χ1n) is 12.4. The molecule has 1 N–H and O–H groups in total. The lowest BCUT2D eigenvalue weighted by Crippen LogP contribution is -2.31. The summed E-state index contributed by atoms with van der Waals surface area (Å²) in [5.74, 6) is -1.21. The van der Waals surface area contributed by atoms with E-state index in [9.17, 15) is 14.0 Å². The topological polar surface area (TPSA) is 79.2 Å². The number of esters is 1. The molecular weight excluding hydrogens is 443 g/mol. The number of rotatable bonds is 7. The van der Waals surface area contributed by atoms with Crippen molar-refractivity contribution < 1.29 is 18.7 Å². The molecule has 0 spiro atoms. The van der Waals surface area contributed by atoms with E-state index in [-0.39, 0.29) is 23.5 Å². The standard InChI is InChI=1S/C29H33FN2O3/c1-28(2,3)35-27(34)29(14-15-29)17-20-10-13-23(30)24(16-20)32-26(33)25(21-6-4-5-7-21)22-11-8-19(18-31)9-12-22/h8-13,16,21,25H,4-7,14-15,17H2,1-3H3,(H,32,33). The van der Waals surface area contributed by atoms with Crippen molar-refractivity contribution in [2.45, 2.75) is 77.2 Å². The van der Waals surface area contributed by atoms with E-state index in [0.29, 0.717) is 12.0 Å². The molecule has 1 amide bonds. The van der Waals surface area contributed by atoms with Gasteiger partial charge in [-0.2, -0.15) is 5.26 Å². The fourth-order valence-corrected chi connectivity index (χ4v) is 5.06. The highest BCUT2D eigenvalue weighted by atomic mass is 19.1. The van der Waals surface area contributed by atoms with Crippen LogP contribution in [0.4, 0.5) is 10.1 Å². The second kappa shape index (κ2) is 9.81. The molecular formula is C29H33FN2O3. The number of amides is 1. The Balaban J connectivity index is 1.53. The van der Waals surface area contributed by atoms with Gasteiger partial charge in [-0.1, -0.05) is 31.0 Å². The fraction of sp³-hybridized carbons (Fsp3) is 0.483. The summed E-state index contributed by atoms with van der Waals surface area (Å²) in [6.45, 7) is 5.55. The summed E-state index contributed by atoms with van der Waals surface area (Å²) in [7, 11) is 0. The number of nitrogens with zero attached hydrogens (tertiary/aromatic N) is 1. The van der Waals surface area contributed by atoms with Crippen molar-refractivity contribution in [2.75, 3.05) is 5.32 Å². The van der Waals surface area contributed by atoms with Crippen LogP contribution in [0.1, 0.15) is 81.9 Å². The molecule has 0 aromatic heterocycles. The average molecular weight is 477 g/mol. The first-order chi connectivity index (χ1) is 16.6. The Morgan fingerprint density at radius 1 is 1.14 bits per heavy atom. The highest BCUT2D eigenvalue weighted by Crippen LogP contribution is 2.50. The Morgan fingerprint density at radius 3 is 2.37 bits per heavy atom. The van der Waals surface area contributed by atoms with Crippen molar-refractivity contribution in [3.05, 3.63) is 65.0 Å². The van der Waals surface area contributed by atoms with Crippen LogP contribution in [0.2, 0.25) is 0 Å². The van der Waals surface area contributed by atoms with E-state index < -0.39 is 22.8 Å². The third-order valence-corrected chi connectivity index (χ3v) is 7.07. The van der Waals surface area contributed by atoms with Gasteiger partial charge >= 0.3 is 5.97 Å². The number of hydrogen-bond donors (Lipinski definition) is 1. The third kappa shape index (κ3) is 5.90. The minimum atomic E-state index is -0.568. The zero-order chi connectivity index (χ0) is 25.2. The Kier molecular flexibility index (Phi) is 6.98. The van der Waals surface area contributed by atoms with Crippen LogP contribution in [0.25, 0.3) is 0 Å². The second-order valence-electron chi connectivity index (χ2n) is 11.0. The molecule has 0 radical (unpaired) electrons. The van der Waals surface area contributed by atoms with E-state index in [1.165, 1.54) is 6.07 Å². The molecule has 0 aliphatic heterocycles. The molecule has 2 fully saturated rings. The highest BCUT2D eigenvalue weighted by Gasteiger charge is 2.52. The van der Waals surface area contributed by atoms with Crippen molar-refractivity contribution >= 4 is 17.6 Å². The summed E-state index contributed by atoms with van der Waals surface area (Å²) >= 11 is 0. The summed E-state index contributed by atoms with van der Waals surface area (Å²) in [4.78, 5) is 26.2. The normalized spacial score (nSPS) is 17.9. The molecule has 2 aliphatic rings. The Morgan fingerprint density at radius 2 is 1.80 bits per heavy atom. The number of halogens is 1. The van der Waals surface area contributed by atoms with E-state index in [1.807, 2.05) is 32.9 Å². The lowest BCUT2D eigenvalue weighted by molar-refractivity contribution is -0.161. The summed E-state index contributed by atoms with van der Waals surface area (Å²) in [5.41, 5.74) is 1.17. The number of ether oxygens (including phenoxy) is 1. The maximum absolute atomic E-state index is 14.8. The molecule has 0 bridgehead atoms. The third-order valence-electron chi connectivity index (χ3n) is 7.07. The Labute approximate surface area is 206 Å². The van der Waals surface area contributed by atoms with Crippen LogP contribution in [-0.4, -0.2) is 17.5 Å². The Bertz CT molecular complexity index is 1130. The van der Waals surface area contributed by atoms with Crippen molar-refractivity contribution in [3.63, 3.8) is 0 Å². The van der Waals surface area contributed by atoms with Gasteiger partial charge in [-0.15, -0.1) is 0 Å². The molecule has 0 heterocycles. The number of nitrogens with one attached hydrogen (secondary N) is 1. The van der Waals surface area contributed by atoms with Crippen LogP contribution < -0.4 is 5.32 Å². The molecule has 4 rings (SSSR count). The molecule has 184 valence electrons. The minimum absolute atomic E-state index is 0.129. The quantitative estimate of drug-likeness (QED) is 0.477. The van der Waals surface area contributed by atoms with Gasteiger partial charge < -0.3 is 10.1 Å². The fourth-order valence-electron chi connectivity index (χ4n) is 5.06. The van der Waals surface area contributed by atoms with E-state index >= 15 is 0 Å². The van der Waals surface area contributed by atoms with Crippen LogP contribution in [-0.2, 0) is 20.7 Å². The van der Waals surface area contributed by atoms with Crippen LogP contribution in [0.15, 0.2) is 42.5 Å². The van der Waals surface area contributed by atoms with Crippen molar-refractivity contribution in [1.29, 1.82) is 5.26 Å². The smallest absolute Gasteiger partial charge is 0.312 e. The Hall–Kier alpha value is -3.20. The van der Waals surface area contributed by atoms with Crippen LogP contribution in [0.3, 0.4) is 0 Å². The second-order valence-corrected chi connectivity index (χ2v) is 11.0. The van der Waals surface area contributed by atoms with Gasteiger partial charge in [-0.25, -0.2) is 4.39 Å². The number of carbonyl (C=O) groups is 2. The predicted octanol–water partition coefficient (Wildman–Crippen LogP) is 6.27. The van der Waals surface area contributed by atoms with Gasteiger partial charge in [0, 0.05) is 0 Å². The van der Waals surface area contributed by atoms with Crippen molar-refractivity contribution in [3.8, 4) is 6.07 Å². The first-order valence-corrected chi connectivity index (χ1v) is 12.4. The largest absolute Gasteiger partial charge is 0.460 e. The summed E-state index contributed by atoms with van der Waals surface area (Å²) in [6, 6.07) is 13.9. The number of hydrogen-bond acceptors (Lipinski definition) is 4. The highest BCUT2D eigenvalue weighted by molar-refractivity contribution is 5.96. The van der Waals surface area contributed by atoms with Crippen molar-refractivity contribution in [2.24, 2.45) is 11.3 Å². The molecule has 35 heavy (non-hydrogen) atoms. The molecule has 5 nitrogen and oxygen atoms in total. The molecule has 2 aromatic carbocycles. The minimum Gasteiger partial charge on any atom is -0.460 e. The summed E-state index contributed by atoms with van der Waals surface area (Å²) in [6.07, 6.45) is 5.96. The average Bonchev–Trinajstić information content (AvgIpc) is 3.39. The first kappa shape index (κ1) is 24.9. The SMILES string of the molecule is CC(C)(C)OC(=O)C1(Cc2ccc(F)c(NC(=O)C(c3ccc(C#N)cc3)C3CCCC3)c2)CC1. The molecule has 2 aliphatic carbocycles. The predicted molar refractivity (Wildman–Crippen MR) is 132 cm³/mol. The number of nitriles is 1. The van der Waals surface area contributed by atoms with Crippen LogP contribution >= 0.6 is 0 Å². The van der Waals surface area contributed by atoms with Crippen molar-refractivity contribution in [1.82, 2.24) is 0 Å². The van der Waals surface area contributed by atoms with E-state index in [2.05, 4.69) is 11.4 Å². The number of anilines is 1. The van der Waals surface area contributed by atoms with Gasteiger partial charge in [0.05, 0.1) is 28.7 Å². The van der Waals surface area contributed by atoms with Gasteiger partial charge in [0.1, 0.15) is 11.4 Å². The summed E-state index contributed by atoms with van der Waals surface area (Å²) in [5, 5.41) is 11.9. The monoisotopic (exact) mass is 476 g/mol.